The Kier molecular flexibility index (Phi) is 6.34. The molecule has 1 heterocycles. The molecule has 100 valence electrons. The molecule has 1 saturated heterocycles. The summed E-state index contributed by atoms with van der Waals surface area (Å²) < 4.78 is 0. The summed E-state index contributed by atoms with van der Waals surface area (Å²) in [5.41, 5.74) is 0. The number of nitrogens with one attached hydrogen (secondary N) is 2. The molecule has 2 amide bonds. The molecule has 0 aromatic heterocycles. The van der Waals surface area contributed by atoms with Crippen molar-refractivity contribution in [3.05, 3.63) is 0 Å². The SMILES string of the molecule is CC(C)CCCC(C)NCCN1CCNC1=O. The molecule has 1 fully saturated rings. The number of rotatable bonds is 8. The summed E-state index contributed by atoms with van der Waals surface area (Å²) in [5, 5.41) is 6.30. The van der Waals surface area contributed by atoms with Crippen molar-refractivity contribution in [3.63, 3.8) is 0 Å². The van der Waals surface area contributed by atoms with E-state index in [9.17, 15) is 4.79 Å². The van der Waals surface area contributed by atoms with Crippen molar-refractivity contribution in [1.82, 2.24) is 15.5 Å². The molecule has 0 aromatic carbocycles. The van der Waals surface area contributed by atoms with Gasteiger partial charge in [0.25, 0.3) is 0 Å². The predicted molar refractivity (Wildman–Crippen MR) is 71.1 cm³/mol. The quantitative estimate of drug-likeness (QED) is 0.681. The highest BCUT2D eigenvalue weighted by molar-refractivity contribution is 5.76. The monoisotopic (exact) mass is 241 g/mol. The van der Waals surface area contributed by atoms with Crippen LogP contribution in [0.15, 0.2) is 0 Å². The van der Waals surface area contributed by atoms with Crippen LogP contribution < -0.4 is 10.6 Å². The molecule has 1 unspecified atom stereocenters. The van der Waals surface area contributed by atoms with E-state index in [0.717, 1.165) is 32.1 Å². The van der Waals surface area contributed by atoms with E-state index in [0.29, 0.717) is 6.04 Å². The molecule has 0 radical (unpaired) electrons. The fourth-order valence-corrected chi connectivity index (χ4v) is 2.10. The Morgan fingerprint density at radius 3 is 2.71 bits per heavy atom. The van der Waals surface area contributed by atoms with Gasteiger partial charge in [-0.05, 0) is 19.3 Å². The highest BCUT2D eigenvalue weighted by atomic mass is 16.2. The summed E-state index contributed by atoms with van der Waals surface area (Å²) >= 11 is 0. The summed E-state index contributed by atoms with van der Waals surface area (Å²) in [6, 6.07) is 0.638. The fourth-order valence-electron chi connectivity index (χ4n) is 2.10. The smallest absolute Gasteiger partial charge is 0.317 e. The van der Waals surface area contributed by atoms with Crippen LogP contribution in [0.1, 0.15) is 40.0 Å². The van der Waals surface area contributed by atoms with Crippen molar-refractivity contribution >= 4 is 6.03 Å². The minimum absolute atomic E-state index is 0.0826. The molecule has 0 saturated carbocycles. The Labute approximate surface area is 105 Å². The molecule has 1 aliphatic rings. The standard InChI is InChI=1S/C13H27N3O/c1-11(2)5-4-6-12(3)14-7-9-16-10-8-15-13(16)17/h11-12,14H,4-10H2,1-3H3,(H,15,17). The van der Waals surface area contributed by atoms with Gasteiger partial charge in [-0.25, -0.2) is 4.79 Å². The third-order valence-electron chi connectivity index (χ3n) is 3.24. The van der Waals surface area contributed by atoms with E-state index in [-0.39, 0.29) is 6.03 Å². The summed E-state index contributed by atoms with van der Waals surface area (Å²) in [5.74, 6) is 0.801. The van der Waals surface area contributed by atoms with Gasteiger partial charge in [-0.1, -0.05) is 26.7 Å². The van der Waals surface area contributed by atoms with Crippen molar-refractivity contribution in [2.24, 2.45) is 5.92 Å². The van der Waals surface area contributed by atoms with Crippen LogP contribution in [0.25, 0.3) is 0 Å². The number of carbonyl (C=O) groups is 1. The average molecular weight is 241 g/mol. The van der Waals surface area contributed by atoms with E-state index in [4.69, 9.17) is 0 Å². The van der Waals surface area contributed by atoms with Gasteiger partial charge in [0.1, 0.15) is 0 Å². The molecule has 1 rings (SSSR count). The first-order valence-electron chi connectivity index (χ1n) is 6.85. The maximum atomic E-state index is 11.3. The van der Waals surface area contributed by atoms with Crippen LogP contribution >= 0.6 is 0 Å². The number of amides is 2. The van der Waals surface area contributed by atoms with Gasteiger partial charge in [-0.15, -0.1) is 0 Å². The second-order valence-electron chi connectivity index (χ2n) is 5.40. The van der Waals surface area contributed by atoms with Gasteiger partial charge in [0.15, 0.2) is 0 Å². The van der Waals surface area contributed by atoms with Crippen LogP contribution in [-0.4, -0.2) is 43.2 Å². The second-order valence-corrected chi connectivity index (χ2v) is 5.40. The minimum atomic E-state index is 0.0826. The zero-order valence-corrected chi connectivity index (χ0v) is 11.5. The third kappa shape index (κ3) is 5.91. The van der Waals surface area contributed by atoms with Crippen molar-refractivity contribution in [2.45, 2.75) is 46.1 Å². The van der Waals surface area contributed by atoms with E-state index in [2.05, 4.69) is 31.4 Å². The summed E-state index contributed by atoms with van der Waals surface area (Å²) in [6.45, 7) is 10.1. The first-order valence-corrected chi connectivity index (χ1v) is 6.85. The first-order chi connectivity index (χ1) is 8.09. The molecule has 17 heavy (non-hydrogen) atoms. The molecule has 0 aliphatic carbocycles. The Morgan fingerprint density at radius 2 is 2.12 bits per heavy atom. The van der Waals surface area contributed by atoms with E-state index in [1.807, 2.05) is 4.90 Å². The molecule has 1 atom stereocenters. The number of hydrogen-bond donors (Lipinski definition) is 2. The van der Waals surface area contributed by atoms with Crippen molar-refractivity contribution < 1.29 is 4.79 Å². The van der Waals surface area contributed by atoms with Gasteiger partial charge in [-0.2, -0.15) is 0 Å². The lowest BCUT2D eigenvalue weighted by atomic mass is 10.0. The normalized spacial score (nSPS) is 17.6. The maximum Gasteiger partial charge on any atom is 0.317 e. The second kappa shape index (κ2) is 7.54. The molecule has 1 aliphatic heterocycles. The van der Waals surface area contributed by atoms with Gasteiger partial charge in [0.05, 0.1) is 0 Å². The Hall–Kier alpha value is -0.770. The van der Waals surface area contributed by atoms with Gasteiger partial charge in [0.2, 0.25) is 0 Å². The lowest BCUT2D eigenvalue weighted by molar-refractivity contribution is 0.217. The fraction of sp³-hybridized carbons (Fsp3) is 0.923. The van der Waals surface area contributed by atoms with Crippen LogP contribution in [-0.2, 0) is 0 Å². The molecular weight excluding hydrogens is 214 g/mol. The minimum Gasteiger partial charge on any atom is -0.336 e. The van der Waals surface area contributed by atoms with Crippen LogP contribution in [0.2, 0.25) is 0 Å². The maximum absolute atomic E-state index is 11.3. The third-order valence-corrected chi connectivity index (χ3v) is 3.24. The Balaban J connectivity index is 1.99. The number of hydrogen-bond acceptors (Lipinski definition) is 2. The average Bonchev–Trinajstić information content (AvgIpc) is 2.64. The lowest BCUT2D eigenvalue weighted by Gasteiger charge is -2.18. The van der Waals surface area contributed by atoms with E-state index in [1.54, 1.807) is 0 Å². The summed E-state index contributed by atoms with van der Waals surface area (Å²) in [6.07, 6.45) is 3.82. The zero-order chi connectivity index (χ0) is 12.7. The number of nitrogens with zero attached hydrogens (tertiary/aromatic N) is 1. The van der Waals surface area contributed by atoms with Gasteiger partial charge in [-0.3, -0.25) is 0 Å². The van der Waals surface area contributed by atoms with Gasteiger partial charge < -0.3 is 15.5 Å². The Morgan fingerprint density at radius 1 is 1.35 bits per heavy atom. The van der Waals surface area contributed by atoms with Gasteiger partial charge >= 0.3 is 6.03 Å². The Bertz CT molecular complexity index is 231. The number of carbonyl (C=O) groups excluding carboxylic acids is 1. The molecule has 4 nitrogen and oxygen atoms in total. The van der Waals surface area contributed by atoms with Crippen molar-refractivity contribution in [2.75, 3.05) is 26.2 Å². The van der Waals surface area contributed by atoms with E-state index in [1.165, 1.54) is 19.3 Å². The predicted octanol–water partition coefficient (Wildman–Crippen LogP) is 1.82. The van der Waals surface area contributed by atoms with E-state index < -0.39 is 0 Å². The number of urea groups is 1. The molecule has 0 bridgehead atoms. The van der Waals surface area contributed by atoms with Crippen molar-refractivity contribution in [1.29, 1.82) is 0 Å². The summed E-state index contributed by atoms with van der Waals surface area (Å²) in [4.78, 5) is 13.2. The largest absolute Gasteiger partial charge is 0.336 e. The molecule has 0 spiro atoms. The molecular formula is C13H27N3O. The highest BCUT2D eigenvalue weighted by Crippen LogP contribution is 2.08. The van der Waals surface area contributed by atoms with Crippen LogP contribution in [0, 0.1) is 5.92 Å². The topological polar surface area (TPSA) is 44.4 Å². The van der Waals surface area contributed by atoms with E-state index >= 15 is 0 Å². The first kappa shape index (κ1) is 14.3. The summed E-state index contributed by atoms with van der Waals surface area (Å²) in [7, 11) is 0. The van der Waals surface area contributed by atoms with Crippen LogP contribution in [0.3, 0.4) is 0 Å². The molecule has 2 N–H and O–H groups in total. The highest BCUT2D eigenvalue weighted by Gasteiger charge is 2.18. The van der Waals surface area contributed by atoms with Crippen LogP contribution in [0.4, 0.5) is 4.79 Å². The van der Waals surface area contributed by atoms with Crippen molar-refractivity contribution in [3.8, 4) is 0 Å². The van der Waals surface area contributed by atoms with Gasteiger partial charge in [0, 0.05) is 32.2 Å². The van der Waals surface area contributed by atoms with Crippen LogP contribution in [0.5, 0.6) is 0 Å². The molecule has 0 aromatic rings. The lowest BCUT2D eigenvalue weighted by Crippen LogP contribution is -2.37. The molecule has 4 heteroatoms. The zero-order valence-electron chi connectivity index (χ0n) is 11.5.